The molecular weight excluding hydrogens is 220 g/mol. The standard InChI is InChI=1S/C14H13ClO/c1-11-4-2-7-14(8-11)16-10-12-5-3-6-13(15)9-12/h2-9H,10H2,1H3. The minimum absolute atomic E-state index is 0.546. The predicted octanol–water partition coefficient (Wildman–Crippen LogP) is 4.23. The molecular formula is C14H13ClO. The summed E-state index contributed by atoms with van der Waals surface area (Å²) >= 11 is 5.90. The van der Waals surface area contributed by atoms with Gasteiger partial charge in [0.15, 0.2) is 0 Å². The van der Waals surface area contributed by atoms with Crippen molar-refractivity contribution >= 4 is 11.6 Å². The van der Waals surface area contributed by atoms with E-state index in [1.54, 1.807) is 0 Å². The summed E-state index contributed by atoms with van der Waals surface area (Å²) in [6.07, 6.45) is 0. The molecule has 16 heavy (non-hydrogen) atoms. The highest BCUT2D eigenvalue weighted by molar-refractivity contribution is 6.30. The highest BCUT2D eigenvalue weighted by Gasteiger charge is 1.97. The zero-order valence-corrected chi connectivity index (χ0v) is 9.87. The van der Waals surface area contributed by atoms with E-state index in [-0.39, 0.29) is 0 Å². The number of halogens is 1. The summed E-state index contributed by atoms with van der Waals surface area (Å²) in [5.74, 6) is 0.889. The maximum Gasteiger partial charge on any atom is 0.120 e. The van der Waals surface area contributed by atoms with Crippen LogP contribution in [0.1, 0.15) is 11.1 Å². The second kappa shape index (κ2) is 5.04. The maximum absolute atomic E-state index is 5.90. The lowest BCUT2D eigenvalue weighted by Gasteiger charge is -2.07. The topological polar surface area (TPSA) is 9.23 Å². The van der Waals surface area contributed by atoms with Crippen molar-refractivity contribution < 1.29 is 4.74 Å². The van der Waals surface area contributed by atoms with Gasteiger partial charge < -0.3 is 4.74 Å². The Kier molecular flexibility index (Phi) is 3.47. The average Bonchev–Trinajstić information content (AvgIpc) is 2.27. The van der Waals surface area contributed by atoms with Gasteiger partial charge in [-0.2, -0.15) is 0 Å². The van der Waals surface area contributed by atoms with Gasteiger partial charge in [-0.1, -0.05) is 35.9 Å². The number of rotatable bonds is 3. The monoisotopic (exact) mass is 232 g/mol. The third kappa shape index (κ3) is 3.01. The second-order valence-corrected chi connectivity index (χ2v) is 4.17. The molecule has 0 aliphatic heterocycles. The van der Waals surface area contributed by atoms with Crippen LogP contribution in [-0.2, 0) is 6.61 Å². The lowest BCUT2D eigenvalue weighted by Crippen LogP contribution is -1.95. The highest BCUT2D eigenvalue weighted by atomic mass is 35.5. The minimum Gasteiger partial charge on any atom is -0.489 e. The van der Waals surface area contributed by atoms with Crippen molar-refractivity contribution in [2.45, 2.75) is 13.5 Å². The molecule has 0 radical (unpaired) electrons. The Hall–Kier alpha value is -1.47. The average molecular weight is 233 g/mol. The molecule has 0 saturated carbocycles. The van der Waals surface area contributed by atoms with E-state index in [1.807, 2.05) is 55.5 Å². The fraction of sp³-hybridized carbons (Fsp3) is 0.143. The Bertz CT molecular complexity index is 434. The van der Waals surface area contributed by atoms with E-state index < -0.39 is 0 Å². The molecule has 0 spiro atoms. The molecule has 2 heteroatoms. The number of hydrogen-bond donors (Lipinski definition) is 0. The van der Waals surface area contributed by atoms with Gasteiger partial charge in [-0.25, -0.2) is 0 Å². The fourth-order valence-electron chi connectivity index (χ4n) is 1.50. The first-order valence-electron chi connectivity index (χ1n) is 5.18. The van der Waals surface area contributed by atoms with Crippen molar-refractivity contribution in [3.8, 4) is 5.75 Å². The normalized spacial score (nSPS) is 10.1. The largest absolute Gasteiger partial charge is 0.489 e. The zero-order chi connectivity index (χ0) is 11.4. The Balaban J connectivity index is 2.02. The minimum atomic E-state index is 0.546. The second-order valence-electron chi connectivity index (χ2n) is 3.74. The lowest BCUT2D eigenvalue weighted by molar-refractivity contribution is 0.306. The van der Waals surface area contributed by atoms with Crippen LogP contribution in [0.2, 0.25) is 5.02 Å². The van der Waals surface area contributed by atoms with Crippen molar-refractivity contribution in [3.63, 3.8) is 0 Å². The van der Waals surface area contributed by atoms with Gasteiger partial charge in [0.05, 0.1) is 0 Å². The maximum atomic E-state index is 5.90. The van der Waals surface area contributed by atoms with Gasteiger partial charge in [0.1, 0.15) is 12.4 Å². The van der Waals surface area contributed by atoms with Crippen LogP contribution < -0.4 is 4.74 Å². The summed E-state index contributed by atoms with van der Waals surface area (Å²) in [6, 6.07) is 15.7. The van der Waals surface area contributed by atoms with E-state index in [9.17, 15) is 0 Å². The molecule has 1 nitrogen and oxygen atoms in total. The Morgan fingerprint density at radius 2 is 1.88 bits per heavy atom. The molecule has 0 fully saturated rings. The molecule has 0 atom stereocenters. The van der Waals surface area contributed by atoms with E-state index in [0.717, 1.165) is 16.3 Å². The van der Waals surface area contributed by atoms with E-state index in [2.05, 4.69) is 0 Å². The molecule has 0 saturated heterocycles. The Morgan fingerprint density at radius 1 is 1.06 bits per heavy atom. The van der Waals surface area contributed by atoms with Crippen molar-refractivity contribution in [1.82, 2.24) is 0 Å². The third-order valence-electron chi connectivity index (χ3n) is 2.28. The summed E-state index contributed by atoms with van der Waals surface area (Å²) in [5, 5.41) is 0.741. The summed E-state index contributed by atoms with van der Waals surface area (Å²) < 4.78 is 5.67. The van der Waals surface area contributed by atoms with Crippen LogP contribution in [-0.4, -0.2) is 0 Å². The van der Waals surface area contributed by atoms with Crippen LogP contribution in [0, 0.1) is 6.92 Å². The molecule has 0 heterocycles. The quantitative estimate of drug-likeness (QED) is 0.770. The molecule has 2 rings (SSSR count). The van der Waals surface area contributed by atoms with E-state index in [4.69, 9.17) is 16.3 Å². The van der Waals surface area contributed by atoms with Crippen LogP contribution in [0.15, 0.2) is 48.5 Å². The summed E-state index contributed by atoms with van der Waals surface area (Å²) in [6.45, 7) is 2.59. The van der Waals surface area contributed by atoms with Crippen molar-refractivity contribution in [1.29, 1.82) is 0 Å². The summed E-state index contributed by atoms with van der Waals surface area (Å²) in [5.41, 5.74) is 2.28. The summed E-state index contributed by atoms with van der Waals surface area (Å²) in [4.78, 5) is 0. The molecule has 0 aliphatic rings. The van der Waals surface area contributed by atoms with Crippen LogP contribution in [0.4, 0.5) is 0 Å². The highest BCUT2D eigenvalue weighted by Crippen LogP contribution is 2.16. The molecule has 2 aromatic carbocycles. The molecule has 82 valence electrons. The molecule has 2 aromatic rings. The lowest BCUT2D eigenvalue weighted by atomic mass is 10.2. The van der Waals surface area contributed by atoms with Crippen LogP contribution in [0.5, 0.6) is 5.75 Å². The van der Waals surface area contributed by atoms with Gasteiger partial charge in [-0.3, -0.25) is 0 Å². The van der Waals surface area contributed by atoms with Gasteiger partial charge in [0.25, 0.3) is 0 Å². The molecule has 0 amide bonds. The molecule has 0 aliphatic carbocycles. The SMILES string of the molecule is Cc1cccc(OCc2cccc(Cl)c2)c1. The first-order valence-corrected chi connectivity index (χ1v) is 5.56. The van der Waals surface area contributed by atoms with Crippen molar-refractivity contribution in [2.24, 2.45) is 0 Å². The smallest absolute Gasteiger partial charge is 0.120 e. The van der Waals surface area contributed by atoms with Gasteiger partial charge >= 0.3 is 0 Å². The van der Waals surface area contributed by atoms with Crippen LogP contribution in [0.25, 0.3) is 0 Å². The van der Waals surface area contributed by atoms with Gasteiger partial charge in [-0.15, -0.1) is 0 Å². The van der Waals surface area contributed by atoms with Gasteiger partial charge in [0.2, 0.25) is 0 Å². The number of aryl methyl sites for hydroxylation is 1. The third-order valence-corrected chi connectivity index (χ3v) is 2.52. The number of ether oxygens (including phenoxy) is 1. The molecule has 0 unspecified atom stereocenters. The van der Waals surface area contributed by atoms with Crippen LogP contribution in [0.3, 0.4) is 0 Å². The summed E-state index contributed by atoms with van der Waals surface area (Å²) in [7, 11) is 0. The van der Waals surface area contributed by atoms with E-state index >= 15 is 0 Å². The van der Waals surface area contributed by atoms with E-state index in [0.29, 0.717) is 6.61 Å². The molecule has 0 N–H and O–H groups in total. The number of benzene rings is 2. The van der Waals surface area contributed by atoms with Crippen molar-refractivity contribution in [2.75, 3.05) is 0 Å². The van der Waals surface area contributed by atoms with Gasteiger partial charge in [0, 0.05) is 5.02 Å². The number of hydrogen-bond acceptors (Lipinski definition) is 1. The van der Waals surface area contributed by atoms with E-state index in [1.165, 1.54) is 5.56 Å². The molecule has 0 bridgehead atoms. The first-order chi connectivity index (χ1) is 7.74. The van der Waals surface area contributed by atoms with Gasteiger partial charge in [-0.05, 0) is 42.3 Å². The Morgan fingerprint density at radius 3 is 2.62 bits per heavy atom. The van der Waals surface area contributed by atoms with Crippen LogP contribution >= 0.6 is 11.6 Å². The fourth-order valence-corrected chi connectivity index (χ4v) is 1.71. The Labute approximate surface area is 101 Å². The molecule has 0 aromatic heterocycles. The first kappa shape index (κ1) is 11.0. The predicted molar refractivity (Wildman–Crippen MR) is 67.0 cm³/mol. The zero-order valence-electron chi connectivity index (χ0n) is 9.11. The van der Waals surface area contributed by atoms with Crippen molar-refractivity contribution in [3.05, 3.63) is 64.7 Å².